The molecule has 0 radical (unpaired) electrons. The lowest BCUT2D eigenvalue weighted by molar-refractivity contribution is 0.0598. The van der Waals surface area contributed by atoms with Gasteiger partial charge in [0, 0.05) is 5.38 Å². The topological polar surface area (TPSA) is 52.6 Å². The highest BCUT2D eigenvalue weighted by Crippen LogP contribution is 2.34. The maximum atomic E-state index is 11.6. The second-order valence-electron chi connectivity index (χ2n) is 4.59. The van der Waals surface area contributed by atoms with Gasteiger partial charge in [-0.25, -0.2) is 9.59 Å². The maximum Gasteiger partial charge on any atom is 0.348 e. The van der Waals surface area contributed by atoms with E-state index in [0.717, 1.165) is 0 Å². The zero-order valence-electron chi connectivity index (χ0n) is 10.6. The summed E-state index contributed by atoms with van der Waals surface area (Å²) in [5.41, 5.74) is 0.791. The van der Waals surface area contributed by atoms with Crippen LogP contribution >= 0.6 is 11.3 Å². The molecule has 0 aliphatic heterocycles. The van der Waals surface area contributed by atoms with E-state index in [1.165, 1.54) is 25.6 Å². The van der Waals surface area contributed by atoms with E-state index in [-0.39, 0.29) is 5.41 Å². The van der Waals surface area contributed by atoms with E-state index in [9.17, 15) is 9.59 Å². The Morgan fingerprint density at radius 2 is 1.65 bits per heavy atom. The smallest absolute Gasteiger partial charge is 0.348 e. The minimum absolute atomic E-state index is 0.326. The number of carbonyl (C=O) groups excluding carboxylic acids is 2. The van der Waals surface area contributed by atoms with E-state index in [4.69, 9.17) is 9.47 Å². The summed E-state index contributed by atoms with van der Waals surface area (Å²) in [4.78, 5) is 23.7. The first kappa shape index (κ1) is 13.7. The first-order valence-corrected chi connectivity index (χ1v) is 5.99. The van der Waals surface area contributed by atoms with Gasteiger partial charge in [0.2, 0.25) is 0 Å². The Morgan fingerprint density at radius 3 is 2.06 bits per heavy atom. The summed E-state index contributed by atoms with van der Waals surface area (Å²) in [7, 11) is 2.65. The first-order chi connectivity index (χ1) is 7.82. The number of thiophene rings is 1. The average molecular weight is 256 g/mol. The Labute approximate surface area is 105 Å². The molecule has 94 valence electrons. The third kappa shape index (κ3) is 2.66. The van der Waals surface area contributed by atoms with Crippen molar-refractivity contribution in [3.8, 4) is 0 Å². The third-order valence-electron chi connectivity index (χ3n) is 2.32. The predicted molar refractivity (Wildman–Crippen MR) is 65.7 cm³/mol. The van der Waals surface area contributed by atoms with Gasteiger partial charge in [-0.1, -0.05) is 20.8 Å². The van der Waals surface area contributed by atoms with Gasteiger partial charge in [-0.3, -0.25) is 0 Å². The minimum atomic E-state index is -0.429. The van der Waals surface area contributed by atoms with Crippen LogP contribution in [0.1, 0.15) is 46.4 Å². The van der Waals surface area contributed by atoms with Crippen molar-refractivity contribution in [3.63, 3.8) is 0 Å². The first-order valence-electron chi connectivity index (χ1n) is 5.11. The Bertz CT molecular complexity index is 406. The number of hydrogen-bond donors (Lipinski definition) is 0. The van der Waals surface area contributed by atoms with Crippen LogP contribution in [-0.2, 0) is 14.9 Å². The second-order valence-corrected chi connectivity index (χ2v) is 5.47. The molecule has 17 heavy (non-hydrogen) atoms. The van der Waals surface area contributed by atoms with Gasteiger partial charge in [0.1, 0.15) is 4.88 Å². The Kier molecular flexibility index (Phi) is 3.93. The number of methoxy groups -OCH3 is 2. The Morgan fingerprint density at radius 1 is 1.12 bits per heavy atom. The van der Waals surface area contributed by atoms with E-state index >= 15 is 0 Å². The fourth-order valence-electron chi connectivity index (χ4n) is 1.61. The highest BCUT2D eigenvalue weighted by atomic mass is 32.1. The van der Waals surface area contributed by atoms with Crippen molar-refractivity contribution < 1.29 is 19.1 Å². The van der Waals surface area contributed by atoms with Gasteiger partial charge in [-0.05, 0) is 11.0 Å². The van der Waals surface area contributed by atoms with Gasteiger partial charge in [0.25, 0.3) is 0 Å². The summed E-state index contributed by atoms with van der Waals surface area (Å²) in [5, 5.41) is 1.64. The van der Waals surface area contributed by atoms with Crippen molar-refractivity contribution >= 4 is 23.3 Å². The minimum Gasteiger partial charge on any atom is -0.465 e. The van der Waals surface area contributed by atoms with Crippen molar-refractivity contribution in [2.75, 3.05) is 14.2 Å². The van der Waals surface area contributed by atoms with Crippen molar-refractivity contribution in [1.82, 2.24) is 0 Å². The number of rotatable bonds is 2. The van der Waals surface area contributed by atoms with Gasteiger partial charge in [-0.15, -0.1) is 11.3 Å². The van der Waals surface area contributed by atoms with Crippen LogP contribution < -0.4 is 0 Å². The highest BCUT2D eigenvalue weighted by Gasteiger charge is 2.30. The van der Waals surface area contributed by atoms with Crippen LogP contribution in [0.4, 0.5) is 0 Å². The SMILES string of the molecule is COC(=O)c1csc(C(=O)OC)c1C(C)(C)C. The van der Waals surface area contributed by atoms with Gasteiger partial charge >= 0.3 is 11.9 Å². The quantitative estimate of drug-likeness (QED) is 0.763. The molecule has 0 saturated heterocycles. The molecule has 0 atom stereocenters. The molecule has 1 aromatic rings. The lowest BCUT2D eigenvalue weighted by atomic mass is 9.84. The standard InChI is InChI=1S/C12H16O4S/c1-12(2,3)8-7(10(13)15-4)6-17-9(8)11(14)16-5/h6H,1-5H3. The molecule has 4 nitrogen and oxygen atoms in total. The van der Waals surface area contributed by atoms with E-state index in [1.54, 1.807) is 5.38 Å². The van der Waals surface area contributed by atoms with E-state index in [1.807, 2.05) is 20.8 Å². The van der Waals surface area contributed by atoms with Gasteiger partial charge in [-0.2, -0.15) is 0 Å². The number of ether oxygens (including phenoxy) is 2. The molecular weight excluding hydrogens is 240 g/mol. The molecule has 0 aliphatic rings. The Hall–Kier alpha value is -1.36. The van der Waals surface area contributed by atoms with Crippen LogP contribution in [0.2, 0.25) is 0 Å². The van der Waals surface area contributed by atoms with Crippen LogP contribution in [0.15, 0.2) is 5.38 Å². The van der Waals surface area contributed by atoms with E-state index < -0.39 is 11.9 Å². The fraction of sp³-hybridized carbons (Fsp3) is 0.500. The zero-order valence-corrected chi connectivity index (χ0v) is 11.4. The Balaban J connectivity index is 3.41. The number of esters is 2. The van der Waals surface area contributed by atoms with Crippen LogP contribution in [0.5, 0.6) is 0 Å². The van der Waals surface area contributed by atoms with Gasteiger partial charge in [0.15, 0.2) is 0 Å². The summed E-state index contributed by atoms with van der Waals surface area (Å²) in [5.74, 6) is -0.851. The molecule has 0 bridgehead atoms. The molecular formula is C12H16O4S. The molecule has 0 spiro atoms. The lowest BCUT2D eigenvalue weighted by Gasteiger charge is -2.20. The summed E-state index contributed by atoms with van der Waals surface area (Å²) in [6, 6.07) is 0. The summed E-state index contributed by atoms with van der Waals surface area (Å²) >= 11 is 1.20. The largest absolute Gasteiger partial charge is 0.465 e. The molecule has 0 aromatic carbocycles. The average Bonchev–Trinajstić information content (AvgIpc) is 2.71. The molecule has 0 N–H and O–H groups in total. The zero-order chi connectivity index (χ0) is 13.2. The van der Waals surface area contributed by atoms with E-state index in [2.05, 4.69) is 0 Å². The number of carbonyl (C=O) groups is 2. The predicted octanol–water partition coefficient (Wildman–Crippen LogP) is 2.62. The van der Waals surface area contributed by atoms with Crippen molar-refractivity contribution in [1.29, 1.82) is 0 Å². The molecule has 0 fully saturated rings. The van der Waals surface area contributed by atoms with Crippen molar-refractivity contribution in [2.24, 2.45) is 0 Å². The summed E-state index contributed by atoms with van der Waals surface area (Å²) < 4.78 is 9.43. The molecule has 0 aliphatic carbocycles. The molecule has 0 amide bonds. The van der Waals surface area contributed by atoms with E-state index in [0.29, 0.717) is 16.0 Å². The highest BCUT2D eigenvalue weighted by molar-refractivity contribution is 7.12. The van der Waals surface area contributed by atoms with Crippen LogP contribution in [0, 0.1) is 0 Å². The molecule has 0 saturated carbocycles. The van der Waals surface area contributed by atoms with Crippen LogP contribution in [0.25, 0.3) is 0 Å². The summed E-state index contributed by atoms with van der Waals surface area (Å²) in [6.07, 6.45) is 0. The lowest BCUT2D eigenvalue weighted by Crippen LogP contribution is -2.19. The maximum absolute atomic E-state index is 11.6. The summed E-state index contributed by atoms with van der Waals surface area (Å²) in [6.45, 7) is 5.82. The molecule has 1 heterocycles. The number of hydrogen-bond acceptors (Lipinski definition) is 5. The molecule has 0 unspecified atom stereocenters. The van der Waals surface area contributed by atoms with Crippen LogP contribution in [0.3, 0.4) is 0 Å². The van der Waals surface area contributed by atoms with Crippen LogP contribution in [-0.4, -0.2) is 26.2 Å². The third-order valence-corrected chi connectivity index (χ3v) is 3.28. The van der Waals surface area contributed by atoms with Crippen molar-refractivity contribution in [2.45, 2.75) is 26.2 Å². The molecule has 1 aromatic heterocycles. The van der Waals surface area contributed by atoms with Gasteiger partial charge in [0.05, 0.1) is 19.8 Å². The molecule has 5 heteroatoms. The normalized spacial score (nSPS) is 11.1. The second kappa shape index (κ2) is 4.87. The molecule has 1 rings (SSSR count). The van der Waals surface area contributed by atoms with Crippen molar-refractivity contribution in [3.05, 3.63) is 21.4 Å². The monoisotopic (exact) mass is 256 g/mol. The fourth-order valence-corrected chi connectivity index (χ4v) is 2.77. The van der Waals surface area contributed by atoms with Gasteiger partial charge < -0.3 is 9.47 Å².